The third-order valence-corrected chi connectivity index (χ3v) is 5.48. The van der Waals surface area contributed by atoms with Crippen molar-refractivity contribution in [2.45, 2.75) is 32.1 Å². The van der Waals surface area contributed by atoms with Crippen LogP contribution in [-0.4, -0.2) is 37.6 Å². The molecule has 0 radical (unpaired) electrons. The number of carboxylic acid groups (broad SMARTS) is 1. The van der Waals surface area contributed by atoms with Crippen LogP contribution >= 0.6 is 11.3 Å². The van der Waals surface area contributed by atoms with E-state index in [2.05, 4.69) is 25.3 Å². The highest BCUT2D eigenvalue weighted by Gasteiger charge is 2.26. The van der Waals surface area contributed by atoms with Crippen molar-refractivity contribution < 1.29 is 9.90 Å². The van der Waals surface area contributed by atoms with E-state index in [-0.39, 0.29) is 0 Å². The number of aryl methyl sites for hydroxylation is 1. The molecular formula is C17H17N5O2S. The Morgan fingerprint density at radius 2 is 2.04 bits per heavy atom. The highest BCUT2D eigenvalue weighted by molar-refractivity contribution is 7.20. The van der Waals surface area contributed by atoms with Gasteiger partial charge in [-0.15, -0.1) is 11.3 Å². The van der Waals surface area contributed by atoms with E-state index in [1.54, 1.807) is 6.92 Å². The van der Waals surface area contributed by atoms with E-state index in [1.807, 2.05) is 12.4 Å². The van der Waals surface area contributed by atoms with Gasteiger partial charge >= 0.3 is 5.97 Å². The third kappa shape index (κ3) is 3.17. The molecule has 0 amide bonds. The second-order valence-electron chi connectivity index (χ2n) is 6.16. The predicted octanol–water partition coefficient (Wildman–Crippen LogP) is 3.02. The lowest BCUT2D eigenvalue weighted by atomic mass is 10.2. The molecule has 7 nitrogen and oxygen atoms in total. The van der Waals surface area contributed by atoms with Crippen LogP contribution in [0.4, 0.5) is 5.82 Å². The van der Waals surface area contributed by atoms with E-state index < -0.39 is 5.97 Å². The zero-order valence-corrected chi connectivity index (χ0v) is 14.5. The molecule has 0 spiro atoms. The number of rotatable bonds is 6. The monoisotopic (exact) mass is 355 g/mol. The number of nitrogens with one attached hydrogen (secondary N) is 1. The number of anilines is 1. The van der Waals surface area contributed by atoms with E-state index in [9.17, 15) is 9.90 Å². The van der Waals surface area contributed by atoms with Crippen LogP contribution in [-0.2, 0) is 6.42 Å². The van der Waals surface area contributed by atoms with E-state index in [0.29, 0.717) is 33.6 Å². The predicted molar refractivity (Wildman–Crippen MR) is 95.3 cm³/mol. The van der Waals surface area contributed by atoms with E-state index in [4.69, 9.17) is 0 Å². The summed E-state index contributed by atoms with van der Waals surface area (Å²) in [5.74, 6) is 1.25. The van der Waals surface area contributed by atoms with Gasteiger partial charge in [-0.25, -0.2) is 24.7 Å². The van der Waals surface area contributed by atoms with Crippen molar-refractivity contribution in [3.05, 3.63) is 40.5 Å². The third-order valence-electron chi connectivity index (χ3n) is 4.29. The summed E-state index contributed by atoms with van der Waals surface area (Å²) in [6.45, 7) is 2.46. The zero-order chi connectivity index (χ0) is 17.4. The van der Waals surface area contributed by atoms with Crippen molar-refractivity contribution in [1.29, 1.82) is 0 Å². The molecule has 3 aromatic heterocycles. The van der Waals surface area contributed by atoms with Gasteiger partial charge in [-0.2, -0.15) is 0 Å². The van der Waals surface area contributed by atoms with Crippen LogP contribution in [0.15, 0.2) is 18.7 Å². The quantitative estimate of drug-likeness (QED) is 0.701. The van der Waals surface area contributed by atoms with Gasteiger partial charge in [-0.1, -0.05) is 0 Å². The number of carbonyl (C=O) groups is 1. The van der Waals surface area contributed by atoms with Crippen molar-refractivity contribution in [1.82, 2.24) is 19.9 Å². The smallest absolute Gasteiger partial charge is 0.346 e. The van der Waals surface area contributed by atoms with Gasteiger partial charge in [0.15, 0.2) is 0 Å². The fourth-order valence-electron chi connectivity index (χ4n) is 2.78. The second kappa shape index (κ2) is 6.36. The lowest BCUT2D eigenvalue weighted by Gasteiger charge is -2.07. The number of hydrogen-bond acceptors (Lipinski definition) is 7. The summed E-state index contributed by atoms with van der Waals surface area (Å²) < 4.78 is 0. The summed E-state index contributed by atoms with van der Waals surface area (Å²) in [4.78, 5) is 29.6. The summed E-state index contributed by atoms with van der Waals surface area (Å²) in [6.07, 6.45) is 8.39. The lowest BCUT2D eigenvalue weighted by molar-refractivity contribution is 0.0701. The molecule has 0 aliphatic heterocycles. The number of thiophene rings is 1. The Hall–Kier alpha value is -2.61. The minimum Gasteiger partial charge on any atom is -0.477 e. The number of hydrogen-bond donors (Lipinski definition) is 2. The minimum absolute atomic E-state index is 0.308. The molecule has 0 atom stereocenters. The Labute approximate surface area is 148 Å². The summed E-state index contributed by atoms with van der Waals surface area (Å²) >= 11 is 1.18. The molecule has 1 aliphatic rings. The Bertz CT molecular complexity index is 934. The molecule has 128 valence electrons. The van der Waals surface area contributed by atoms with Crippen LogP contribution in [0.3, 0.4) is 0 Å². The van der Waals surface area contributed by atoms with Crippen molar-refractivity contribution in [3.63, 3.8) is 0 Å². The fourth-order valence-corrected chi connectivity index (χ4v) is 3.77. The fraction of sp³-hybridized carbons (Fsp3) is 0.353. The average Bonchev–Trinajstić information content (AvgIpc) is 3.39. The highest BCUT2D eigenvalue weighted by atomic mass is 32.1. The molecule has 0 unspecified atom stereocenters. The van der Waals surface area contributed by atoms with Crippen LogP contribution in [0.1, 0.15) is 45.4 Å². The highest BCUT2D eigenvalue weighted by Crippen LogP contribution is 2.37. The lowest BCUT2D eigenvalue weighted by Crippen LogP contribution is -2.08. The van der Waals surface area contributed by atoms with Crippen LogP contribution in [0, 0.1) is 6.92 Å². The molecule has 2 N–H and O–H groups in total. The molecule has 4 rings (SSSR count). The SMILES string of the molecule is Cc1c(C(=O)O)sc2ncnc(NCCc3cnc(C4CC4)nc3)c12. The van der Waals surface area contributed by atoms with E-state index in [0.717, 1.165) is 23.2 Å². The van der Waals surface area contributed by atoms with E-state index >= 15 is 0 Å². The first-order valence-electron chi connectivity index (χ1n) is 8.15. The number of aromatic nitrogens is 4. The molecular weight excluding hydrogens is 338 g/mol. The maximum atomic E-state index is 11.3. The van der Waals surface area contributed by atoms with Crippen molar-refractivity contribution in [3.8, 4) is 0 Å². The largest absolute Gasteiger partial charge is 0.477 e. The van der Waals surface area contributed by atoms with E-state index in [1.165, 1.54) is 30.5 Å². The van der Waals surface area contributed by atoms with Gasteiger partial charge in [0, 0.05) is 24.9 Å². The molecule has 3 aromatic rings. The summed E-state index contributed by atoms with van der Waals surface area (Å²) in [5.41, 5.74) is 1.77. The Balaban J connectivity index is 1.48. The molecule has 3 heterocycles. The normalized spacial score (nSPS) is 14.0. The first-order valence-corrected chi connectivity index (χ1v) is 8.97. The van der Waals surface area contributed by atoms with Crippen LogP contribution in [0.25, 0.3) is 10.2 Å². The second-order valence-corrected chi connectivity index (χ2v) is 7.16. The standard InChI is InChI=1S/C17H17N5O2S/c1-9-12-15(21-8-22-16(12)25-13(9)17(23)24)18-5-4-10-6-19-14(20-7-10)11-2-3-11/h6-8,11H,2-5H2,1H3,(H,23,24)(H,18,21,22). The number of carboxylic acids is 1. The molecule has 0 bridgehead atoms. The molecule has 1 fully saturated rings. The number of fused-ring (bicyclic) bond motifs is 1. The minimum atomic E-state index is -0.931. The summed E-state index contributed by atoms with van der Waals surface area (Å²) in [5, 5.41) is 13.3. The van der Waals surface area contributed by atoms with Crippen molar-refractivity contribution >= 4 is 33.3 Å². The maximum absolute atomic E-state index is 11.3. The van der Waals surface area contributed by atoms with Crippen LogP contribution in [0.5, 0.6) is 0 Å². The molecule has 1 aliphatic carbocycles. The van der Waals surface area contributed by atoms with Gasteiger partial charge in [-0.05, 0) is 37.3 Å². The summed E-state index contributed by atoms with van der Waals surface area (Å²) in [7, 11) is 0. The topological polar surface area (TPSA) is 101 Å². The Morgan fingerprint density at radius 3 is 2.72 bits per heavy atom. The van der Waals surface area contributed by atoms with Gasteiger partial charge in [0.05, 0.1) is 5.39 Å². The van der Waals surface area contributed by atoms with Crippen molar-refractivity contribution in [2.24, 2.45) is 0 Å². The zero-order valence-electron chi connectivity index (χ0n) is 13.7. The van der Waals surface area contributed by atoms with Gasteiger partial charge in [0.25, 0.3) is 0 Å². The first-order chi connectivity index (χ1) is 12.1. The Kier molecular flexibility index (Phi) is 4.04. The van der Waals surface area contributed by atoms with Gasteiger partial charge < -0.3 is 10.4 Å². The molecule has 8 heteroatoms. The molecule has 0 aromatic carbocycles. The average molecular weight is 355 g/mol. The Morgan fingerprint density at radius 1 is 1.28 bits per heavy atom. The maximum Gasteiger partial charge on any atom is 0.346 e. The summed E-state index contributed by atoms with van der Waals surface area (Å²) in [6, 6.07) is 0. The molecule has 25 heavy (non-hydrogen) atoms. The van der Waals surface area contributed by atoms with Gasteiger partial charge in [0.2, 0.25) is 0 Å². The van der Waals surface area contributed by atoms with Crippen LogP contribution < -0.4 is 5.32 Å². The molecule has 1 saturated carbocycles. The molecule has 0 saturated heterocycles. The van der Waals surface area contributed by atoms with Gasteiger partial charge in [0.1, 0.15) is 27.7 Å². The number of aromatic carboxylic acids is 1. The first kappa shape index (κ1) is 15.9. The van der Waals surface area contributed by atoms with Crippen molar-refractivity contribution in [2.75, 3.05) is 11.9 Å². The van der Waals surface area contributed by atoms with Crippen LogP contribution in [0.2, 0.25) is 0 Å². The number of nitrogens with zero attached hydrogens (tertiary/aromatic N) is 4. The van der Waals surface area contributed by atoms with Gasteiger partial charge in [-0.3, -0.25) is 0 Å².